The van der Waals surface area contributed by atoms with Crippen LogP contribution in [-0.2, 0) is 9.57 Å². The Morgan fingerprint density at radius 3 is 2.85 bits per heavy atom. The lowest BCUT2D eigenvalue weighted by Crippen LogP contribution is -2.49. The lowest BCUT2D eigenvalue weighted by Gasteiger charge is -2.34. The predicted octanol–water partition coefficient (Wildman–Crippen LogP) is 3.54. The molecule has 1 amide bonds. The van der Waals surface area contributed by atoms with Crippen LogP contribution >= 0.6 is 11.6 Å². The molecule has 0 aromatic heterocycles. The Morgan fingerprint density at radius 2 is 2.19 bits per heavy atom. The Bertz CT molecular complexity index is 591. The van der Waals surface area contributed by atoms with Crippen LogP contribution in [0, 0.1) is 5.92 Å². The number of hydroxylamine groups is 2. The van der Waals surface area contributed by atoms with Crippen molar-refractivity contribution in [3.63, 3.8) is 0 Å². The molecule has 1 saturated heterocycles. The number of carbonyl (C=O) groups is 1. The minimum Gasteiger partial charge on any atom is -0.493 e. The molecule has 152 valence electrons. The van der Waals surface area contributed by atoms with Gasteiger partial charge in [0.15, 0.2) is 0 Å². The molecule has 1 fully saturated rings. The van der Waals surface area contributed by atoms with Crippen molar-refractivity contribution in [2.24, 2.45) is 5.92 Å². The summed E-state index contributed by atoms with van der Waals surface area (Å²) in [5.41, 5.74) is 0.398. The fourth-order valence-corrected chi connectivity index (χ4v) is 3.06. The second kappa shape index (κ2) is 11.5. The van der Waals surface area contributed by atoms with Gasteiger partial charge in [0.1, 0.15) is 5.75 Å². The number of hydrogen-bond donors (Lipinski definition) is 1. The molecule has 1 N–H and O–H groups in total. The van der Waals surface area contributed by atoms with E-state index in [4.69, 9.17) is 25.9 Å². The van der Waals surface area contributed by atoms with E-state index in [1.165, 1.54) is 5.06 Å². The molecule has 1 heterocycles. The number of benzene rings is 1. The largest absolute Gasteiger partial charge is 0.493 e. The van der Waals surface area contributed by atoms with Crippen molar-refractivity contribution >= 4 is 17.5 Å². The van der Waals surface area contributed by atoms with Gasteiger partial charge in [0.2, 0.25) is 0 Å². The average Bonchev–Trinajstić information content (AvgIpc) is 2.67. The number of nitrogens with zero attached hydrogens (tertiary/aromatic N) is 1. The van der Waals surface area contributed by atoms with Gasteiger partial charge in [-0.1, -0.05) is 25.4 Å². The first-order valence-corrected chi connectivity index (χ1v) is 9.99. The number of halogens is 1. The molecule has 7 heteroatoms. The standard InChI is InChI=1S/C20H31ClN2O4/c1-15(2)14-27-23(16-6-4-9-22-13-16)20(24)18-12-17(7-8-19(18)21)26-11-5-10-25-3/h7-8,12,15-16,22H,4-6,9-11,13-14H2,1-3H3/t16-/m1/s1. The van der Waals surface area contributed by atoms with Gasteiger partial charge in [0.25, 0.3) is 5.91 Å². The molecule has 6 nitrogen and oxygen atoms in total. The van der Waals surface area contributed by atoms with Gasteiger partial charge in [-0.05, 0) is 43.5 Å². The summed E-state index contributed by atoms with van der Waals surface area (Å²) in [6.07, 6.45) is 2.69. The van der Waals surface area contributed by atoms with Crippen molar-refractivity contribution in [1.29, 1.82) is 0 Å². The molecular weight excluding hydrogens is 368 g/mol. The monoisotopic (exact) mass is 398 g/mol. The normalized spacial score (nSPS) is 17.1. The van der Waals surface area contributed by atoms with E-state index in [0.29, 0.717) is 48.6 Å². The van der Waals surface area contributed by atoms with Crippen molar-refractivity contribution in [1.82, 2.24) is 10.4 Å². The summed E-state index contributed by atoms with van der Waals surface area (Å²) < 4.78 is 10.7. The maximum absolute atomic E-state index is 13.2. The minimum atomic E-state index is -0.225. The third-order valence-corrected chi connectivity index (χ3v) is 4.61. The van der Waals surface area contributed by atoms with Crippen LogP contribution in [0.25, 0.3) is 0 Å². The molecule has 1 aromatic carbocycles. The number of nitrogens with one attached hydrogen (secondary N) is 1. The molecule has 1 atom stereocenters. The van der Waals surface area contributed by atoms with E-state index >= 15 is 0 Å². The summed E-state index contributed by atoms with van der Waals surface area (Å²) in [5, 5.41) is 5.23. The summed E-state index contributed by atoms with van der Waals surface area (Å²) in [6.45, 7) is 7.43. The second-order valence-electron chi connectivity index (χ2n) is 7.16. The molecular formula is C20H31ClN2O4. The van der Waals surface area contributed by atoms with Crippen LogP contribution in [0.1, 0.15) is 43.5 Å². The zero-order valence-electron chi connectivity index (χ0n) is 16.5. The first kappa shape index (κ1) is 22.0. The van der Waals surface area contributed by atoms with Gasteiger partial charge >= 0.3 is 0 Å². The van der Waals surface area contributed by atoms with Crippen LogP contribution in [-0.4, -0.2) is 57.0 Å². The number of hydrogen-bond acceptors (Lipinski definition) is 5. The van der Waals surface area contributed by atoms with Gasteiger partial charge in [-0.3, -0.25) is 9.63 Å². The lowest BCUT2D eigenvalue weighted by molar-refractivity contribution is -0.159. The van der Waals surface area contributed by atoms with Crippen LogP contribution in [0.4, 0.5) is 0 Å². The van der Waals surface area contributed by atoms with E-state index in [-0.39, 0.29) is 11.9 Å². The maximum Gasteiger partial charge on any atom is 0.279 e. The number of rotatable bonds is 10. The van der Waals surface area contributed by atoms with Crippen LogP contribution < -0.4 is 10.1 Å². The highest BCUT2D eigenvalue weighted by Crippen LogP contribution is 2.26. The molecule has 0 bridgehead atoms. The molecule has 2 rings (SSSR count). The molecule has 27 heavy (non-hydrogen) atoms. The van der Waals surface area contributed by atoms with E-state index in [1.54, 1.807) is 25.3 Å². The van der Waals surface area contributed by atoms with Gasteiger partial charge in [0.05, 0.1) is 29.8 Å². The maximum atomic E-state index is 13.2. The Balaban J connectivity index is 2.14. The SMILES string of the molecule is COCCCOc1ccc(Cl)c(C(=O)N(OCC(C)C)[C@@H]2CCCNC2)c1. The summed E-state index contributed by atoms with van der Waals surface area (Å²) in [7, 11) is 1.66. The van der Waals surface area contributed by atoms with Crippen LogP contribution in [0.15, 0.2) is 18.2 Å². The summed E-state index contributed by atoms with van der Waals surface area (Å²) in [6, 6.07) is 5.15. The highest BCUT2D eigenvalue weighted by atomic mass is 35.5. The van der Waals surface area contributed by atoms with E-state index in [1.807, 2.05) is 0 Å². The van der Waals surface area contributed by atoms with Crippen LogP contribution in [0.5, 0.6) is 5.75 Å². The predicted molar refractivity (Wildman–Crippen MR) is 106 cm³/mol. The van der Waals surface area contributed by atoms with Gasteiger partial charge in [0, 0.05) is 26.7 Å². The van der Waals surface area contributed by atoms with Crippen molar-refractivity contribution in [2.45, 2.75) is 39.2 Å². The molecule has 0 saturated carbocycles. The first-order chi connectivity index (χ1) is 13.0. The van der Waals surface area contributed by atoms with Gasteiger partial charge in [-0.15, -0.1) is 0 Å². The van der Waals surface area contributed by atoms with Crippen LogP contribution in [0.3, 0.4) is 0 Å². The molecule has 0 unspecified atom stereocenters. The third kappa shape index (κ3) is 6.96. The van der Waals surface area contributed by atoms with Crippen molar-refractivity contribution < 1.29 is 19.1 Å². The van der Waals surface area contributed by atoms with Gasteiger partial charge < -0.3 is 14.8 Å². The topological polar surface area (TPSA) is 60.0 Å². The second-order valence-corrected chi connectivity index (χ2v) is 7.56. The fourth-order valence-electron chi connectivity index (χ4n) is 2.86. The number of carbonyl (C=O) groups excluding carboxylic acids is 1. The molecule has 0 spiro atoms. The smallest absolute Gasteiger partial charge is 0.279 e. The quantitative estimate of drug-likeness (QED) is 0.482. The number of piperidine rings is 1. The zero-order chi connectivity index (χ0) is 19.6. The molecule has 0 aliphatic carbocycles. The molecule has 0 radical (unpaired) electrons. The molecule has 1 aliphatic heterocycles. The van der Waals surface area contributed by atoms with E-state index in [2.05, 4.69) is 19.2 Å². The lowest BCUT2D eigenvalue weighted by atomic mass is 10.1. The summed E-state index contributed by atoms with van der Waals surface area (Å²) in [5.74, 6) is 0.712. The van der Waals surface area contributed by atoms with Crippen molar-refractivity contribution in [3.8, 4) is 5.75 Å². The van der Waals surface area contributed by atoms with Gasteiger partial charge in [-0.2, -0.15) is 0 Å². The minimum absolute atomic E-state index is 0.00709. The fraction of sp³-hybridized carbons (Fsp3) is 0.650. The Hall–Kier alpha value is -1.34. The van der Waals surface area contributed by atoms with E-state index < -0.39 is 0 Å². The third-order valence-electron chi connectivity index (χ3n) is 4.28. The highest BCUT2D eigenvalue weighted by Gasteiger charge is 2.29. The Morgan fingerprint density at radius 1 is 1.37 bits per heavy atom. The summed E-state index contributed by atoms with van der Waals surface area (Å²) >= 11 is 6.33. The molecule has 1 aromatic rings. The number of ether oxygens (including phenoxy) is 2. The highest BCUT2D eigenvalue weighted by molar-refractivity contribution is 6.33. The number of methoxy groups -OCH3 is 1. The Kier molecular flexibility index (Phi) is 9.34. The zero-order valence-corrected chi connectivity index (χ0v) is 17.3. The van der Waals surface area contributed by atoms with Gasteiger partial charge in [-0.25, -0.2) is 5.06 Å². The number of amides is 1. The van der Waals surface area contributed by atoms with E-state index in [9.17, 15) is 4.79 Å². The average molecular weight is 399 g/mol. The molecule has 1 aliphatic rings. The summed E-state index contributed by atoms with van der Waals surface area (Å²) in [4.78, 5) is 19.1. The van der Waals surface area contributed by atoms with Crippen LogP contribution in [0.2, 0.25) is 5.02 Å². The first-order valence-electron chi connectivity index (χ1n) is 9.61. The van der Waals surface area contributed by atoms with E-state index in [0.717, 1.165) is 25.8 Å². The van der Waals surface area contributed by atoms with Crippen molar-refractivity contribution in [2.75, 3.05) is 40.0 Å². The van der Waals surface area contributed by atoms with Crippen molar-refractivity contribution in [3.05, 3.63) is 28.8 Å². The Labute approximate surface area is 167 Å².